The Morgan fingerprint density at radius 1 is 0.926 bits per heavy atom. The Hall–Kier alpha value is -1.42. The van der Waals surface area contributed by atoms with Crippen LogP contribution in [0, 0.1) is 0 Å². The Bertz CT molecular complexity index is 543. The van der Waals surface area contributed by atoms with Crippen molar-refractivity contribution in [3.8, 4) is 0 Å². The molecule has 5 nitrogen and oxygen atoms in total. The highest BCUT2D eigenvalue weighted by Gasteiger charge is 2.79. The van der Waals surface area contributed by atoms with Gasteiger partial charge in [0.2, 0.25) is 0 Å². The quantitative estimate of drug-likeness (QED) is 0.610. The average Bonchev–Trinajstić information content (AvgIpc) is 2.96. The first kappa shape index (κ1) is 23.6. The van der Waals surface area contributed by atoms with E-state index < -0.39 is 49.0 Å². The van der Waals surface area contributed by atoms with E-state index in [-0.39, 0.29) is 18.1 Å². The van der Waals surface area contributed by atoms with Crippen molar-refractivity contribution < 1.29 is 67.3 Å². The molecule has 1 amide bonds. The van der Waals surface area contributed by atoms with Crippen LogP contribution in [0.15, 0.2) is 0 Å². The predicted octanol–water partition coefficient (Wildman–Crippen LogP) is 2.85. The minimum absolute atomic E-state index is 0.0842. The Kier molecular flexibility index (Phi) is 6.29. The standard InChI is InChI=1S/C11H10F11NO4/c1-23(4-5-25-2-3-26-5)6(24)7(12,9(15,16)17)27-11(21,22)8(13,14)10(18,19)20/h5H,2-4H2,1H3/t7-/m1/s1. The smallest absolute Gasteiger partial charge is 0.348 e. The fourth-order valence-corrected chi connectivity index (χ4v) is 1.69. The van der Waals surface area contributed by atoms with Crippen molar-refractivity contribution in [1.29, 1.82) is 0 Å². The van der Waals surface area contributed by atoms with E-state index in [0.717, 1.165) is 0 Å². The molecule has 1 aliphatic rings. The number of alkyl halides is 11. The molecule has 0 unspecified atom stereocenters. The largest absolute Gasteiger partial charge is 0.462 e. The van der Waals surface area contributed by atoms with Crippen LogP contribution in [0.25, 0.3) is 0 Å². The summed E-state index contributed by atoms with van der Waals surface area (Å²) in [6.45, 7) is -1.16. The molecule has 160 valence electrons. The molecule has 0 aromatic heterocycles. The average molecular weight is 429 g/mol. The van der Waals surface area contributed by atoms with Crippen molar-refractivity contribution in [3.05, 3.63) is 0 Å². The van der Waals surface area contributed by atoms with Gasteiger partial charge in [-0.1, -0.05) is 0 Å². The van der Waals surface area contributed by atoms with Gasteiger partial charge in [0, 0.05) is 7.05 Å². The molecule has 0 N–H and O–H groups in total. The normalized spacial score (nSPS) is 19.9. The number of likely N-dealkylation sites (N-methyl/N-ethyl adjacent to an activating group) is 1. The minimum atomic E-state index is -7.24. The van der Waals surface area contributed by atoms with Gasteiger partial charge in [-0.15, -0.1) is 0 Å². The number of nitrogens with zero attached hydrogens (tertiary/aromatic N) is 1. The van der Waals surface area contributed by atoms with Crippen molar-refractivity contribution in [3.63, 3.8) is 0 Å². The molecule has 0 aromatic rings. The molecule has 1 atom stereocenters. The molecule has 0 radical (unpaired) electrons. The zero-order valence-corrected chi connectivity index (χ0v) is 12.9. The zero-order chi connectivity index (χ0) is 21.5. The van der Waals surface area contributed by atoms with E-state index in [0.29, 0.717) is 7.05 Å². The van der Waals surface area contributed by atoms with Gasteiger partial charge in [-0.05, 0) is 0 Å². The summed E-state index contributed by atoms with van der Waals surface area (Å²) in [5, 5.41) is 0. The fraction of sp³-hybridized carbons (Fsp3) is 0.909. The van der Waals surface area contributed by atoms with Gasteiger partial charge in [0.05, 0.1) is 19.8 Å². The maximum absolute atomic E-state index is 14.0. The zero-order valence-electron chi connectivity index (χ0n) is 12.9. The number of ether oxygens (including phenoxy) is 3. The van der Waals surface area contributed by atoms with E-state index >= 15 is 0 Å². The van der Waals surface area contributed by atoms with E-state index in [9.17, 15) is 53.1 Å². The van der Waals surface area contributed by atoms with Crippen LogP contribution < -0.4 is 0 Å². The molecule has 0 aromatic carbocycles. The molecule has 1 heterocycles. The summed E-state index contributed by atoms with van der Waals surface area (Å²) in [6, 6.07) is 0. The van der Waals surface area contributed by atoms with E-state index in [1.165, 1.54) is 0 Å². The number of carbonyl (C=O) groups is 1. The Morgan fingerprint density at radius 2 is 1.37 bits per heavy atom. The summed E-state index contributed by atoms with van der Waals surface area (Å²) in [6.07, 6.45) is -22.3. The third-order valence-corrected chi connectivity index (χ3v) is 3.09. The van der Waals surface area contributed by atoms with Crippen LogP contribution >= 0.6 is 0 Å². The molecule has 1 rings (SSSR count). The highest BCUT2D eigenvalue weighted by molar-refractivity contribution is 5.84. The van der Waals surface area contributed by atoms with Crippen LogP contribution in [-0.2, 0) is 19.0 Å². The van der Waals surface area contributed by atoms with E-state index in [1.54, 1.807) is 0 Å². The second-order valence-corrected chi connectivity index (χ2v) is 5.14. The molecule has 16 heteroatoms. The summed E-state index contributed by atoms with van der Waals surface area (Å²) in [4.78, 5) is 11.3. The number of halogens is 11. The van der Waals surface area contributed by atoms with Gasteiger partial charge >= 0.3 is 30.2 Å². The van der Waals surface area contributed by atoms with Gasteiger partial charge in [-0.25, -0.2) is 0 Å². The summed E-state index contributed by atoms with van der Waals surface area (Å²) < 4.78 is 152. The van der Waals surface area contributed by atoms with Gasteiger partial charge in [-0.3, -0.25) is 9.53 Å². The minimum Gasteiger partial charge on any atom is -0.348 e. The first-order chi connectivity index (χ1) is 11.9. The molecule has 0 bridgehead atoms. The van der Waals surface area contributed by atoms with E-state index in [2.05, 4.69) is 4.74 Å². The molecule has 0 spiro atoms. The fourth-order valence-electron chi connectivity index (χ4n) is 1.69. The maximum atomic E-state index is 14.0. The first-order valence-corrected chi connectivity index (χ1v) is 6.64. The maximum Gasteiger partial charge on any atom is 0.462 e. The molecule has 1 aliphatic heterocycles. The molecule has 1 fully saturated rings. The topological polar surface area (TPSA) is 48.0 Å². The van der Waals surface area contributed by atoms with Gasteiger partial charge in [0.15, 0.2) is 6.29 Å². The van der Waals surface area contributed by atoms with Crippen LogP contribution in [0.4, 0.5) is 48.3 Å². The number of hydrogen-bond acceptors (Lipinski definition) is 4. The van der Waals surface area contributed by atoms with E-state index in [4.69, 9.17) is 9.47 Å². The van der Waals surface area contributed by atoms with Crippen molar-refractivity contribution in [2.75, 3.05) is 26.8 Å². The third kappa shape index (κ3) is 4.53. The highest BCUT2D eigenvalue weighted by Crippen LogP contribution is 2.51. The lowest BCUT2D eigenvalue weighted by atomic mass is 10.2. The number of amides is 1. The second kappa shape index (κ2) is 7.20. The predicted molar refractivity (Wildman–Crippen MR) is 60.3 cm³/mol. The van der Waals surface area contributed by atoms with E-state index in [1.807, 2.05) is 0 Å². The van der Waals surface area contributed by atoms with Crippen molar-refractivity contribution in [2.24, 2.45) is 0 Å². The Balaban J connectivity index is 3.17. The van der Waals surface area contributed by atoms with Crippen molar-refractivity contribution in [1.82, 2.24) is 4.90 Å². The van der Waals surface area contributed by atoms with Crippen molar-refractivity contribution in [2.45, 2.75) is 36.5 Å². The van der Waals surface area contributed by atoms with Gasteiger partial charge in [0.25, 0.3) is 5.91 Å². The Labute approximate surface area is 142 Å². The number of hydrogen-bond donors (Lipinski definition) is 0. The molecular formula is C11H10F11NO4. The summed E-state index contributed by atoms with van der Waals surface area (Å²) in [5.41, 5.74) is 0. The first-order valence-electron chi connectivity index (χ1n) is 6.64. The lowest BCUT2D eigenvalue weighted by Gasteiger charge is -2.36. The SMILES string of the molecule is CN(CC1OCCO1)C(=O)[C@@](F)(OC(F)(F)C(F)(F)C(F)(F)F)C(F)(F)F. The Morgan fingerprint density at radius 3 is 1.74 bits per heavy atom. The summed E-state index contributed by atoms with van der Waals surface area (Å²) in [5.74, 6) is -16.5. The third-order valence-electron chi connectivity index (χ3n) is 3.09. The van der Waals surface area contributed by atoms with Crippen LogP contribution in [-0.4, -0.2) is 74.1 Å². The van der Waals surface area contributed by atoms with Crippen LogP contribution in [0.1, 0.15) is 0 Å². The van der Waals surface area contributed by atoms with Crippen LogP contribution in [0.3, 0.4) is 0 Å². The summed E-state index contributed by atoms with van der Waals surface area (Å²) in [7, 11) is 0.400. The molecule has 0 saturated carbocycles. The van der Waals surface area contributed by atoms with Gasteiger partial charge < -0.3 is 14.4 Å². The molecule has 0 aliphatic carbocycles. The summed E-state index contributed by atoms with van der Waals surface area (Å²) >= 11 is 0. The van der Waals surface area contributed by atoms with Gasteiger partial charge in [-0.2, -0.15) is 48.3 Å². The monoisotopic (exact) mass is 429 g/mol. The molecule has 27 heavy (non-hydrogen) atoms. The number of carbonyl (C=O) groups excluding carboxylic acids is 1. The molecular weight excluding hydrogens is 419 g/mol. The number of rotatable bonds is 6. The van der Waals surface area contributed by atoms with Crippen molar-refractivity contribution >= 4 is 5.91 Å². The second-order valence-electron chi connectivity index (χ2n) is 5.14. The lowest BCUT2D eigenvalue weighted by molar-refractivity contribution is -0.473. The van der Waals surface area contributed by atoms with Gasteiger partial charge in [0.1, 0.15) is 0 Å². The lowest BCUT2D eigenvalue weighted by Crippen LogP contribution is -2.64. The van der Waals surface area contributed by atoms with Crippen LogP contribution in [0.5, 0.6) is 0 Å². The molecule has 1 saturated heterocycles. The van der Waals surface area contributed by atoms with Crippen LogP contribution in [0.2, 0.25) is 0 Å². The highest BCUT2D eigenvalue weighted by atomic mass is 19.4.